The monoisotopic (exact) mass is 284 g/mol. The third kappa shape index (κ3) is 2.71. The number of hydrogen-bond acceptors (Lipinski definition) is 3. The van der Waals surface area contributed by atoms with Crippen molar-refractivity contribution in [2.45, 2.75) is 40.0 Å². The van der Waals surface area contributed by atoms with E-state index in [4.69, 9.17) is 4.42 Å². The fourth-order valence-corrected chi connectivity index (χ4v) is 2.53. The van der Waals surface area contributed by atoms with Crippen molar-refractivity contribution in [1.82, 2.24) is 5.43 Å². The molecular weight excluding hydrogens is 264 g/mol. The number of fused-ring (bicyclic) bond motifs is 1. The van der Waals surface area contributed by atoms with Crippen molar-refractivity contribution in [3.63, 3.8) is 0 Å². The molecule has 1 aromatic carbocycles. The van der Waals surface area contributed by atoms with E-state index in [2.05, 4.69) is 30.4 Å². The first-order valence-electron chi connectivity index (χ1n) is 7.46. The molecule has 0 bridgehead atoms. The molecule has 1 N–H and O–H groups in total. The highest BCUT2D eigenvalue weighted by Crippen LogP contribution is 2.29. The number of hydrazone groups is 1. The minimum absolute atomic E-state index is 0.0133. The maximum absolute atomic E-state index is 11.7. The molecule has 3 rings (SSSR count). The van der Waals surface area contributed by atoms with Crippen LogP contribution in [-0.4, -0.2) is 11.6 Å². The standard InChI is InChI=1S/C17H20N2O2/c1-4-13-14-9-10(2)5-8-15(14)21-16(13)11(3)18-19-17(20)12-6-7-12/h5,8-9,12H,4,6-7H2,1-3H3,(H,19,20)/b18-11-. The maximum Gasteiger partial charge on any atom is 0.243 e. The number of furan rings is 1. The van der Waals surface area contributed by atoms with Crippen molar-refractivity contribution in [2.24, 2.45) is 11.0 Å². The first-order valence-corrected chi connectivity index (χ1v) is 7.46. The Morgan fingerprint density at radius 3 is 2.86 bits per heavy atom. The number of hydrogen-bond donors (Lipinski definition) is 1. The molecule has 4 heteroatoms. The van der Waals surface area contributed by atoms with Crippen LogP contribution in [0, 0.1) is 12.8 Å². The number of benzene rings is 1. The number of carbonyl (C=O) groups excluding carboxylic acids is 1. The Hall–Kier alpha value is -2.10. The normalized spacial score (nSPS) is 15.5. The molecule has 1 amide bonds. The van der Waals surface area contributed by atoms with Gasteiger partial charge in [-0.3, -0.25) is 4.79 Å². The topological polar surface area (TPSA) is 54.6 Å². The van der Waals surface area contributed by atoms with Gasteiger partial charge < -0.3 is 4.42 Å². The summed E-state index contributed by atoms with van der Waals surface area (Å²) in [6.07, 6.45) is 2.82. The molecular formula is C17H20N2O2. The van der Waals surface area contributed by atoms with Crippen molar-refractivity contribution < 1.29 is 9.21 Å². The molecule has 1 heterocycles. The van der Waals surface area contributed by atoms with E-state index in [0.29, 0.717) is 0 Å². The summed E-state index contributed by atoms with van der Waals surface area (Å²) in [5.41, 5.74) is 6.59. The molecule has 0 saturated heterocycles. The summed E-state index contributed by atoms with van der Waals surface area (Å²) in [6.45, 7) is 6.05. The van der Waals surface area contributed by atoms with Gasteiger partial charge in [0, 0.05) is 16.9 Å². The van der Waals surface area contributed by atoms with E-state index in [1.807, 2.05) is 19.1 Å². The van der Waals surface area contributed by atoms with Gasteiger partial charge >= 0.3 is 0 Å². The molecule has 1 aliphatic rings. The van der Waals surface area contributed by atoms with Crippen molar-refractivity contribution in [1.29, 1.82) is 0 Å². The van der Waals surface area contributed by atoms with Crippen LogP contribution >= 0.6 is 0 Å². The van der Waals surface area contributed by atoms with E-state index in [9.17, 15) is 4.79 Å². The second-order valence-electron chi connectivity index (χ2n) is 5.71. The van der Waals surface area contributed by atoms with Gasteiger partial charge in [-0.1, -0.05) is 18.6 Å². The molecule has 110 valence electrons. The molecule has 1 saturated carbocycles. The summed E-state index contributed by atoms with van der Waals surface area (Å²) in [4.78, 5) is 11.7. The van der Waals surface area contributed by atoms with Gasteiger partial charge in [-0.2, -0.15) is 5.10 Å². The molecule has 4 nitrogen and oxygen atoms in total. The quantitative estimate of drug-likeness (QED) is 0.689. The van der Waals surface area contributed by atoms with Gasteiger partial charge in [0.25, 0.3) is 0 Å². The van der Waals surface area contributed by atoms with Gasteiger partial charge in [0.05, 0.1) is 0 Å². The van der Waals surface area contributed by atoms with Crippen LogP contribution in [0.1, 0.15) is 43.6 Å². The predicted molar refractivity (Wildman–Crippen MR) is 83.4 cm³/mol. The van der Waals surface area contributed by atoms with Crippen molar-refractivity contribution >= 4 is 22.6 Å². The van der Waals surface area contributed by atoms with Crippen LogP contribution < -0.4 is 5.43 Å². The number of aryl methyl sites for hydroxylation is 2. The van der Waals surface area contributed by atoms with Crippen molar-refractivity contribution in [3.8, 4) is 0 Å². The smallest absolute Gasteiger partial charge is 0.243 e. The number of nitrogens with one attached hydrogen (secondary N) is 1. The van der Waals surface area contributed by atoms with Gasteiger partial charge in [0.2, 0.25) is 5.91 Å². The van der Waals surface area contributed by atoms with E-state index in [1.54, 1.807) is 0 Å². The van der Waals surface area contributed by atoms with Gasteiger partial charge in [-0.25, -0.2) is 5.43 Å². The zero-order chi connectivity index (χ0) is 15.0. The van der Waals surface area contributed by atoms with Crippen LogP contribution in [0.5, 0.6) is 0 Å². The van der Waals surface area contributed by atoms with E-state index in [-0.39, 0.29) is 11.8 Å². The minimum Gasteiger partial charge on any atom is -0.454 e. The molecule has 1 fully saturated rings. The van der Waals surface area contributed by atoms with Crippen LogP contribution in [0.4, 0.5) is 0 Å². The van der Waals surface area contributed by atoms with Crippen molar-refractivity contribution in [3.05, 3.63) is 35.1 Å². The third-order valence-corrected chi connectivity index (χ3v) is 3.91. The lowest BCUT2D eigenvalue weighted by Crippen LogP contribution is -2.20. The molecule has 0 unspecified atom stereocenters. The second-order valence-corrected chi connectivity index (χ2v) is 5.71. The van der Waals surface area contributed by atoms with E-state index in [1.165, 1.54) is 5.56 Å². The number of carbonyl (C=O) groups is 1. The van der Waals surface area contributed by atoms with E-state index < -0.39 is 0 Å². The third-order valence-electron chi connectivity index (χ3n) is 3.91. The minimum atomic E-state index is 0.0133. The largest absolute Gasteiger partial charge is 0.454 e. The first kappa shape index (κ1) is 13.9. The summed E-state index contributed by atoms with van der Waals surface area (Å²) in [6, 6.07) is 6.16. The Kier molecular flexibility index (Phi) is 3.53. The average Bonchev–Trinajstić information content (AvgIpc) is 3.25. The highest BCUT2D eigenvalue weighted by molar-refractivity contribution is 6.02. The maximum atomic E-state index is 11.7. The number of rotatable bonds is 4. The fourth-order valence-electron chi connectivity index (χ4n) is 2.53. The molecule has 1 aliphatic carbocycles. The highest BCUT2D eigenvalue weighted by Gasteiger charge is 2.29. The van der Waals surface area contributed by atoms with Crippen LogP contribution in [0.15, 0.2) is 27.7 Å². The van der Waals surface area contributed by atoms with Gasteiger partial charge in [-0.05, 0) is 45.2 Å². The summed E-state index contributed by atoms with van der Waals surface area (Å²) >= 11 is 0. The Morgan fingerprint density at radius 2 is 2.19 bits per heavy atom. The van der Waals surface area contributed by atoms with Crippen molar-refractivity contribution in [2.75, 3.05) is 0 Å². The van der Waals surface area contributed by atoms with Crippen LogP contribution in [0.25, 0.3) is 11.0 Å². The lowest BCUT2D eigenvalue weighted by molar-refractivity contribution is -0.122. The Balaban J connectivity index is 1.94. The molecule has 0 aliphatic heterocycles. The number of nitrogens with zero attached hydrogens (tertiary/aromatic N) is 1. The van der Waals surface area contributed by atoms with Gasteiger partial charge in [0.1, 0.15) is 11.3 Å². The zero-order valence-corrected chi connectivity index (χ0v) is 12.7. The molecule has 1 aromatic heterocycles. The Labute approximate surface area is 124 Å². The van der Waals surface area contributed by atoms with Crippen LogP contribution in [-0.2, 0) is 11.2 Å². The van der Waals surface area contributed by atoms with Gasteiger partial charge in [-0.15, -0.1) is 0 Å². The fraction of sp³-hybridized carbons (Fsp3) is 0.412. The van der Waals surface area contributed by atoms with Crippen LogP contribution in [0.2, 0.25) is 0 Å². The number of amides is 1. The van der Waals surface area contributed by atoms with E-state index in [0.717, 1.165) is 47.3 Å². The summed E-state index contributed by atoms with van der Waals surface area (Å²) < 4.78 is 5.93. The molecule has 0 atom stereocenters. The van der Waals surface area contributed by atoms with E-state index >= 15 is 0 Å². The average molecular weight is 284 g/mol. The second kappa shape index (κ2) is 5.35. The first-order chi connectivity index (χ1) is 10.1. The lowest BCUT2D eigenvalue weighted by atomic mass is 10.0. The Morgan fingerprint density at radius 1 is 1.43 bits per heavy atom. The molecule has 21 heavy (non-hydrogen) atoms. The Bertz CT molecular complexity index is 724. The van der Waals surface area contributed by atoms with Crippen LogP contribution in [0.3, 0.4) is 0 Å². The molecule has 0 radical (unpaired) electrons. The molecule has 0 spiro atoms. The zero-order valence-electron chi connectivity index (χ0n) is 12.7. The summed E-state index contributed by atoms with van der Waals surface area (Å²) in [5.74, 6) is 0.944. The lowest BCUT2D eigenvalue weighted by Gasteiger charge is -2.01. The van der Waals surface area contributed by atoms with Gasteiger partial charge in [0.15, 0.2) is 5.76 Å². The summed E-state index contributed by atoms with van der Waals surface area (Å²) in [7, 11) is 0. The molecule has 2 aromatic rings. The SMILES string of the molecule is CCc1c(/C(C)=N\NC(=O)C2CC2)oc2ccc(C)cc12. The highest BCUT2D eigenvalue weighted by atomic mass is 16.3. The predicted octanol–water partition coefficient (Wildman–Crippen LogP) is 3.55. The summed E-state index contributed by atoms with van der Waals surface area (Å²) in [5, 5.41) is 5.34.